The van der Waals surface area contributed by atoms with Crippen LogP contribution in [0.5, 0.6) is 0 Å². The Labute approximate surface area is 153 Å². The van der Waals surface area contributed by atoms with E-state index in [1.54, 1.807) is 35.5 Å². The average molecular weight is 378 g/mol. The highest BCUT2D eigenvalue weighted by atomic mass is 32.1. The first-order valence-corrected chi connectivity index (χ1v) is 9.58. The van der Waals surface area contributed by atoms with Crippen molar-refractivity contribution in [3.05, 3.63) is 44.7 Å². The van der Waals surface area contributed by atoms with Gasteiger partial charge in [0.2, 0.25) is 0 Å². The zero-order chi connectivity index (χ0) is 17.8. The predicted molar refractivity (Wildman–Crippen MR) is 95.2 cm³/mol. The molecule has 1 aliphatic heterocycles. The molecule has 0 spiro atoms. The van der Waals surface area contributed by atoms with Crippen molar-refractivity contribution in [1.82, 2.24) is 19.8 Å². The summed E-state index contributed by atoms with van der Waals surface area (Å²) in [7, 11) is 0. The summed E-state index contributed by atoms with van der Waals surface area (Å²) in [5, 5.41) is 10.6. The molecule has 0 bridgehead atoms. The molecule has 25 heavy (non-hydrogen) atoms. The van der Waals surface area contributed by atoms with Crippen LogP contribution in [0.25, 0.3) is 0 Å². The molecule has 7 nitrogen and oxygen atoms in total. The summed E-state index contributed by atoms with van der Waals surface area (Å²) in [6.45, 7) is 4.28. The van der Waals surface area contributed by atoms with Crippen LogP contribution in [0.15, 0.2) is 34.2 Å². The SMILES string of the molecule is CCOC(=O)C1=C(C)N(CCc2cccs2)C(=O)NC1c1csnn1. The molecule has 1 atom stereocenters. The normalized spacial score (nSPS) is 17.6. The van der Waals surface area contributed by atoms with Gasteiger partial charge in [-0.05, 0) is 43.2 Å². The molecule has 9 heteroatoms. The van der Waals surface area contributed by atoms with E-state index in [0.717, 1.165) is 6.42 Å². The maximum absolute atomic E-state index is 12.6. The van der Waals surface area contributed by atoms with E-state index in [1.165, 1.54) is 16.4 Å². The lowest BCUT2D eigenvalue weighted by molar-refractivity contribution is -0.139. The second kappa shape index (κ2) is 7.75. The minimum absolute atomic E-state index is 0.250. The van der Waals surface area contributed by atoms with Crippen LogP contribution in [0.3, 0.4) is 0 Å². The molecule has 2 aromatic rings. The summed E-state index contributed by atoms with van der Waals surface area (Å²) in [5.74, 6) is -0.445. The summed E-state index contributed by atoms with van der Waals surface area (Å²) in [6, 6.07) is 3.12. The smallest absolute Gasteiger partial charge is 0.338 e. The highest BCUT2D eigenvalue weighted by molar-refractivity contribution is 7.09. The van der Waals surface area contributed by atoms with Crippen molar-refractivity contribution in [2.24, 2.45) is 0 Å². The number of allylic oxidation sites excluding steroid dienone is 1. The Hall–Kier alpha value is -2.26. The summed E-state index contributed by atoms with van der Waals surface area (Å²) >= 11 is 2.82. The van der Waals surface area contributed by atoms with Crippen LogP contribution in [-0.2, 0) is 16.0 Å². The molecular weight excluding hydrogens is 360 g/mol. The Balaban J connectivity index is 1.91. The largest absolute Gasteiger partial charge is 0.463 e. The maximum atomic E-state index is 12.6. The number of carbonyl (C=O) groups excluding carboxylic acids is 2. The third kappa shape index (κ3) is 3.72. The van der Waals surface area contributed by atoms with Gasteiger partial charge in [0.25, 0.3) is 0 Å². The molecular formula is C16H18N4O3S2. The molecule has 0 saturated heterocycles. The van der Waals surface area contributed by atoms with Crippen molar-refractivity contribution in [2.75, 3.05) is 13.2 Å². The lowest BCUT2D eigenvalue weighted by Gasteiger charge is -2.34. The first-order valence-electron chi connectivity index (χ1n) is 7.87. The predicted octanol–water partition coefficient (Wildman–Crippen LogP) is 2.75. The van der Waals surface area contributed by atoms with Crippen molar-refractivity contribution in [3.8, 4) is 0 Å². The quantitative estimate of drug-likeness (QED) is 0.782. The maximum Gasteiger partial charge on any atom is 0.338 e. The van der Waals surface area contributed by atoms with Crippen molar-refractivity contribution in [3.63, 3.8) is 0 Å². The molecule has 2 amide bonds. The van der Waals surface area contributed by atoms with Gasteiger partial charge in [-0.2, -0.15) is 0 Å². The van der Waals surface area contributed by atoms with Crippen molar-refractivity contribution in [1.29, 1.82) is 0 Å². The standard InChI is InChI=1S/C16H18N4O3S2/c1-3-23-15(21)13-10(2)20(7-6-11-5-4-8-24-11)16(22)17-14(13)12-9-25-19-18-12/h4-5,8-9,14H,3,6-7H2,1-2H3,(H,17,22). The van der Waals surface area contributed by atoms with Gasteiger partial charge in [-0.3, -0.25) is 4.90 Å². The molecule has 132 valence electrons. The fraction of sp³-hybridized carbons (Fsp3) is 0.375. The fourth-order valence-electron chi connectivity index (χ4n) is 2.72. The zero-order valence-corrected chi connectivity index (χ0v) is 15.5. The Morgan fingerprint density at radius 2 is 2.32 bits per heavy atom. The van der Waals surface area contributed by atoms with Crippen molar-refractivity contribution in [2.45, 2.75) is 26.3 Å². The molecule has 1 N–H and O–H groups in total. The molecule has 0 radical (unpaired) electrons. The van der Waals surface area contributed by atoms with Crippen LogP contribution >= 0.6 is 22.9 Å². The second-order valence-electron chi connectivity index (χ2n) is 5.41. The molecule has 2 aromatic heterocycles. The Morgan fingerprint density at radius 3 is 2.96 bits per heavy atom. The lowest BCUT2D eigenvalue weighted by atomic mass is 9.99. The van der Waals surface area contributed by atoms with Crippen molar-refractivity contribution < 1.29 is 14.3 Å². The van der Waals surface area contributed by atoms with Gasteiger partial charge < -0.3 is 10.1 Å². The number of amides is 2. The number of thiophene rings is 1. The number of urea groups is 1. The van der Waals surface area contributed by atoms with E-state index in [-0.39, 0.29) is 12.6 Å². The van der Waals surface area contributed by atoms with Crippen molar-refractivity contribution >= 4 is 34.9 Å². The first kappa shape index (κ1) is 17.6. The number of carbonyl (C=O) groups is 2. The molecule has 3 rings (SSSR count). The van der Waals surface area contributed by atoms with E-state index in [1.807, 2.05) is 17.5 Å². The number of esters is 1. The van der Waals surface area contributed by atoms with E-state index < -0.39 is 12.0 Å². The van der Waals surface area contributed by atoms with Crippen LogP contribution in [0.4, 0.5) is 4.79 Å². The molecule has 1 aliphatic rings. The number of nitrogens with zero attached hydrogens (tertiary/aromatic N) is 3. The van der Waals surface area contributed by atoms with Gasteiger partial charge in [-0.25, -0.2) is 9.59 Å². The highest BCUT2D eigenvalue weighted by Crippen LogP contribution is 2.31. The minimum atomic E-state index is -0.636. The van der Waals surface area contributed by atoms with E-state index in [2.05, 4.69) is 14.9 Å². The van der Waals surface area contributed by atoms with Gasteiger partial charge in [-0.1, -0.05) is 10.6 Å². The summed E-state index contributed by atoms with van der Waals surface area (Å²) in [6.07, 6.45) is 0.724. The Morgan fingerprint density at radius 1 is 1.48 bits per heavy atom. The zero-order valence-electron chi connectivity index (χ0n) is 13.9. The van der Waals surface area contributed by atoms with Crippen LogP contribution in [-0.4, -0.2) is 39.6 Å². The van der Waals surface area contributed by atoms with Gasteiger partial charge in [-0.15, -0.1) is 16.4 Å². The third-order valence-electron chi connectivity index (χ3n) is 3.93. The monoisotopic (exact) mass is 378 g/mol. The first-order chi connectivity index (χ1) is 12.1. The van der Waals surface area contributed by atoms with E-state index >= 15 is 0 Å². The van der Waals surface area contributed by atoms with Crippen LogP contribution in [0, 0.1) is 0 Å². The molecule has 0 fully saturated rings. The van der Waals surface area contributed by atoms with Gasteiger partial charge in [0.05, 0.1) is 12.2 Å². The van der Waals surface area contributed by atoms with Gasteiger partial charge in [0.1, 0.15) is 11.7 Å². The summed E-state index contributed by atoms with van der Waals surface area (Å²) < 4.78 is 9.03. The third-order valence-corrected chi connectivity index (χ3v) is 5.39. The Bertz CT molecular complexity index is 771. The van der Waals surface area contributed by atoms with Gasteiger partial charge >= 0.3 is 12.0 Å². The number of hydrogen-bond acceptors (Lipinski definition) is 7. The number of ether oxygens (including phenoxy) is 1. The number of aromatic nitrogens is 2. The lowest BCUT2D eigenvalue weighted by Crippen LogP contribution is -2.48. The summed E-state index contributed by atoms with van der Waals surface area (Å²) in [5.41, 5.74) is 1.54. The molecule has 0 saturated carbocycles. The summed E-state index contributed by atoms with van der Waals surface area (Å²) in [4.78, 5) is 27.9. The number of hydrogen-bond donors (Lipinski definition) is 1. The van der Waals surface area contributed by atoms with Crippen LogP contribution in [0.1, 0.15) is 30.5 Å². The topological polar surface area (TPSA) is 84.4 Å². The molecule has 3 heterocycles. The minimum Gasteiger partial charge on any atom is -0.463 e. The highest BCUT2D eigenvalue weighted by Gasteiger charge is 2.37. The molecule has 0 aromatic carbocycles. The van der Waals surface area contributed by atoms with E-state index in [0.29, 0.717) is 23.5 Å². The number of nitrogens with one attached hydrogen (secondary N) is 1. The van der Waals surface area contributed by atoms with Crippen LogP contribution in [0.2, 0.25) is 0 Å². The van der Waals surface area contributed by atoms with E-state index in [9.17, 15) is 9.59 Å². The Kier molecular flexibility index (Phi) is 5.44. The van der Waals surface area contributed by atoms with Gasteiger partial charge in [0.15, 0.2) is 0 Å². The fourth-order valence-corrected chi connectivity index (χ4v) is 3.90. The van der Waals surface area contributed by atoms with Crippen LogP contribution < -0.4 is 5.32 Å². The number of rotatable bonds is 6. The van der Waals surface area contributed by atoms with E-state index in [4.69, 9.17) is 4.74 Å². The molecule has 0 aliphatic carbocycles. The molecule has 1 unspecified atom stereocenters. The second-order valence-corrected chi connectivity index (χ2v) is 7.05. The van der Waals surface area contributed by atoms with Gasteiger partial charge in [0, 0.05) is 22.5 Å². The average Bonchev–Trinajstić information content (AvgIpc) is 3.28.